The van der Waals surface area contributed by atoms with Crippen molar-refractivity contribution in [1.29, 1.82) is 0 Å². The lowest BCUT2D eigenvalue weighted by molar-refractivity contribution is 0.0698. The fourth-order valence-corrected chi connectivity index (χ4v) is 2.39. The molecule has 0 spiro atoms. The van der Waals surface area contributed by atoms with E-state index in [1.165, 1.54) is 6.26 Å². The Morgan fingerprint density at radius 2 is 2.00 bits per heavy atom. The lowest BCUT2D eigenvalue weighted by Crippen LogP contribution is -2.37. The Kier molecular flexibility index (Phi) is 12.7. The minimum atomic E-state index is -0.277. The highest BCUT2D eigenvalue weighted by Gasteiger charge is 2.08. The van der Waals surface area contributed by atoms with Gasteiger partial charge in [0.2, 0.25) is 0 Å². The predicted octanol–water partition coefficient (Wildman–Crippen LogP) is 2.87. The number of nitrogens with one attached hydrogen (secondary N) is 3. The zero-order valence-electron chi connectivity index (χ0n) is 16.8. The van der Waals surface area contributed by atoms with Crippen LogP contribution in [0.1, 0.15) is 22.5 Å². The number of furan rings is 1. The zero-order chi connectivity index (χ0) is 20.0. The lowest BCUT2D eigenvalue weighted by atomic mass is 10.2. The van der Waals surface area contributed by atoms with Gasteiger partial charge in [-0.15, -0.1) is 24.0 Å². The molecule has 29 heavy (non-hydrogen) atoms. The second-order valence-corrected chi connectivity index (χ2v) is 5.94. The first-order chi connectivity index (χ1) is 13.7. The van der Waals surface area contributed by atoms with Gasteiger partial charge in [0.15, 0.2) is 11.7 Å². The van der Waals surface area contributed by atoms with Crippen molar-refractivity contribution in [2.45, 2.75) is 13.0 Å². The van der Waals surface area contributed by atoms with Crippen molar-refractivity contribution in [1.82, 2.24) is 10.6 Å². The smallest absolute Gasteiger partial charge is 0.291 e. The minimum absolute atomic E-state index is 0. The van der Waals surface area contributed by atoms with Gasteiger partial charge in [-0.25, -0.2) is 0 Å². The summed E-state index contributed by atoms with van der Waals surface area (Å²) in [6, 6.07) is 10.9. The van der Waals surface area contributed by atoms with Crippen molar-refractivity contribution in [3.63, 3.8) is 0 Å². The molecule has 0 fully saturated rings. The van der Waals surface area contributed by atoms with Gasteiger partial charge in [0.25, 0.3) is 5.91 Å². The fourth-order valence-electron chi connectivity index (χ4n) is 2.39. The maximum absolute atomic E-state index is 12.1. The highest BCUT2D eigenvalue weighted by Crippen LogP contribution is 2.12. The number of aliphatic imine (C=N–C) groups is 1. The zero-order valence-corrected chi connectivity index (χ0v) is 19.1. The van der Waals surface area contributed by atoms with E-state index in [1.54, 1.807) is 26.3 Å². The van der Waals surface area contributed by atoms with E-state index in [1.807, 2.05) is 24.3 Å². The molecule has 0 radical (unpaired) electrons. The number of rotatable bonds is 11. The fraction of sp³-hybridized carbons (Fsp3) is 0.400. The van der Waals surface area contributed by atoms with Crippen molar-refractivity contribution in [2.75, 3.05) is 45.8 Å². The normalized spacial score (nSPS) is 10.9. The van der Waals surface area contributed by atoms with Gasteiger partial charge in [0.1, 0.15) is 0 Å². The molecule has 160 valence electrons. The summed E-state index contributed by atoms with van der Waals surface area (Å²) in [7, 11) is 3.38. The highest BCUT2D eigenvalue weighted by molar-refractivity contribution is 14.0. The molecule has 3 N–H and O–H groups in total. The minimum Gasteiger partial charge on any atom is -0.459 e. The van der Waals surface area contributed by atoms with Crippen LogP contribution in [0.3, 0.4) is 0 Å². The van der Waals surface area contributed by atoms with Crippen molar-refractivity contribution in [3.05, 3.63) is 54.0 Å². The van der Waals surface area contributed by atoms with Crippen LogP contribution in [0.4, 0.5) is 5.69 Å². The molecule has 2 aromatic rings. The molecule has 1 aromatic carbocycles. The number of benzene rings is 1. The molecule has 8 nitrogen and oxygen atoms in total. The molecule has 0 aliphatic heterocycles. The second-order valence-electron chi connectivity index (χ2n) is 5.94. The van der Waals surface area contributed by atoms with Gasteiger partial charge in [-0.1, -0.05) is 12.1 Å². The van der Waals surface area contributed by atoms with Crippen molar-refractivity contribution < 1.29 is 18.7 Å². The molecule has 0 saturated heterocycles. The summed E-state index contributed by atoms with van der Waals surface area (Å²) < 4.78 is 15.5. The summed E-state index contributed by atoms with van der Waals surface area (Å²) >= 11 is 0. The average Bonchev–Trinajstić information content (AvgIpc) is 3.25. The van der Waals surface area contributed by atoms with Crippen LogP contribution in [0, 0.1) is 0 Å². The van der Waals surface area contributed by atoms with Crippen LogP contribution in [-0.4, -0.2) is 52.4 Å². The molecule has 0 aliphatic carbocycles. The van der Waals surface area contributed by atoms with E-state index >= 15 is 0 Å². The van der Waals surface area contributed by atoms with Crippen molar-refractivity contribution in [3.8, 4) is 0 Å². The number of carbonyl (C=O) groups is 1. The van der Waals surface area contributed by atoms with Gasteiger partial charge < -0.3 is 29.8 Å². The molecular weight excluding hydrogens is 487 g/mol. The Labute approximate surface area is 188 Å². The van der Waals surface area contributed by atoms with Gasteiger partial charge in [0.05, 0.1) is 19.5 Å². The number of guanidine groups is 1. The molecule has 0 saturated carbocycles. The number of nitrogens with zero attached hydrogens (tertiary/aromatic N) is 1. The molecule has 0 unspecified atom stereocenters. The summed E-state index contributed by atoms with van der Waals surface area (Å²) in [4.78, 5) is 16.3. The van der Waals surface area contributed by atoms with E-state index < -0.39 is 0 Å². The second kappa shape index (κ2) is 14.8. The van der Waals surface area contributed by atoms with Gasteiger partial charge >= 0.3 is 0 Å². The molecule has 0 atom stereocenters. The Bertz CT molecular complexity index is 738. The van der Waals surface area contributed by atoms with E-state index in [0.29, 0.717) is 38.0 Å². The van der Waals surface area contributed by atoms with Crippen molar-refractivity contribution in [2.24, 2.45) is 4.99 Å². The topological polar surface area (TPSA) is 97.1 Å². The molecule has 1 amide bonds. The summed E-state index contributed by atoms with van der Waals surface area (Å²) in [5.41, 5.74) is 1.72. The molecular formula is C20H29IN4O4. The van der Waals surface area contributed by atoms with Gasteiger partial charge in [-0.3, -0.25) is 9.79 Å². The number of amides is 1. The quantitative estimate of drug-likeness (QED) is 0.184. The molecule has 9 heteroatoms. The number of carbonyl (C=O) groups excluding carboxylic acids is 1. The first-order valence-electron chi connectivity index (χ1n) is 9.18. The van der Waals surface area contributed by atoms with E-state index in [0.717, 1.165) is 18.5 Å². The average molecular weight is 516 g/mol. The Morgan fingerprint density at radius 1 is 1.14 bits per heavy atom. The first-order valence-corrected chi connectivity index (χ1v) is 9.18. The molecule has 2 rings (SSSR count). The lowest BCUT2D eigenvalue weighted by Gasteiger charge is -2.13. The maximum Gasteiger partial charge on any atom is 0.291 e. The number of hydrogen-bond donors (Lipinski definition) is 3. The van der Waals surface area contributed by atoms with Crippen molar-refractivity contribution >= 4 is 41.5 Å². The SMILES string of the molecule is CN=C(NCCCOCCOC)NCc1cccc(NC(=O)c2ccco2)c1.I. The summed E-state index contributed by atoms with van der Waals surface area (Å²) in [5, 5.41) is 9.31. The predicted molar refractivity (Wildman–Crippen MR) is 124 cm³/mol. The first kappa shape index (κ1) is 24.9. The maximum atomic E-state index is 12.1. The molecule has 0 aliphatic rings. The van der Waals surface area contributed by atoms with Crippen LogP contribution in [0.2, 0.25) is 0 Å². The molecule has 1 heterocycles. The summed E-state index contributed by atoms with van der Waals surface area (Å²) in [6.45, 7) is 3.22. The summed E-state index contributed by atoms with van der Waals surface area (Å²) in [6.07, 6.45) is 2.35. The van der Waals surface area contributed by atoms with Crippen LogP contribution in [0.25, 0.3) is 0 Å². The van der Waals surface area contributed by atoms with E-state index in [4.69, 9.17) is 13.9 Å². The third-order valence-electron chi connectivity index (χ3n) is 3.80. The molecule has 1 aromatic heterocycles. The van der Waals surface area contributed by atoms with E-state index in [-0.39, 0.29) is 35.6 Å². The van der Waals surface area contributed by atoms with Crippen LogP contribution in [0.5, 0.6) is 0 Å². The third kappa shape index (κ3) is 9.77. The Morgan fingerprint density at radius 3 is 2.72 bits per heavy atom. The van der Waals surface area contributed by atoms with Crippen LogP contribution in [0.15, 0.2) is 52.1 Å². The number of methoxy groups -OCH3 is 1. The van der Waals surface area contributed by atoms with Crippen LogP contribution >= 0.6 is 24.0 Å². The Balaban J connectivity index is 0.00000420. The number of hydrogen-bond acceptors (Lipinski definition) is 5. The monoisotopic (exact) mass is 516 g/mol. The highest BCUT2D eigenvalue weighted by atomic mass is 127. The van der Waals surface area contributed by atoms with Gasteiger partial charge in [-0.2, -0.15) is 0 Å². The summed E-state index contributed by atoms with van der Waals surface area (Å²) in [5.74, 6) is 0.710. The van der Waals surface area contributed by atoms with E-state index in [2.05, 4.69) is 20.9 Å². The van der Waals surface area contributed by atoms with Crippen LogP contribution in [-0.2, 0) is 16.0 Å². The molecule has 0 bridgehead atoms. The number of ether oxygens (including phenoxy) is 2. The van der Waals surface area contributed by atoms with Gasteiger partial charge in [0, 0.05) is 39.5 Å². The van der Waals surface area contributed by atoms with Crippen LogP contribution < -0.4 is 16.0 Å². The number of anilines is 1. The standard InChI is InChI=1S/C20H28N4O4.HI/c1-21-20(22-9-5-10-27-13-12-26-2)23-15-16-6-3-7-17(14-16)24-19(25)18-8-4-11-28-18;/h3-4,6-8,11,14H,5,9-10,12-13,15H2,1-2H3,(H,24,25)(H2,21,22,23);1H. The third-order valence-corrected chi connectivity index (χ3v) is 3.80. The largest absolute Gasteiger partial charge is 0.459 e. The Hall–Kier alpha value is -2.11. The van der Waals surface area contributed by atoms with Gasteiger partial charge in [-0.05, 0) is 36.2 Å². The number of halogens is 1. The van der Waals surface area contributed by atoms with E-state index in [9.17, 15) is 4.79 Å².